The molecule has 0 bridgehead atoms. The predicted octanol–water partition coefficient (Wildman–Crippen LogP) is 4.59. The van der Waals surface area contributed by atoms with E-state index in [0.29, 0.717) is 0 Å². The zero-order valence-corrected chi connectivity index (χ0v) is 14.1. The molecule has 0 saturated heterocycles. The molecule has 1 aromatic heterocycles. The molecule has 0 spiro atoms. The van der Waals surface area contributed by atoms with Crippen molar-refractivity contribution in [1.29, 1.82) is 0 Å². The molecule has 0 aliphatic carbocycles. The normalized spacial score (nSPS) is 9.38. The Bertz CT molecular complexity index is 695. The van der Waals surface area contributed by atoms with Gasteiger partial charge in [0.1, 0.15) is 0 Å². The molecular formula is C14H15Cl4N3. The van der Waals surface area contributed by atoms with E-state index >= 15 is 0 Å². The van der Waals surface area contributed by atoms with Crippen molar-refractivity contribution in [3.63, 3.8) is 0 Å². The standard InChI is InChI=1S/C14H12ClN3.3ClH/c15-12-3-1-10(2-4-12)9-18-14-6-5-13(16)7-11(14)8-17-18;;;/h1-8H,9,16H2;3*1H. The fraction of sp³-hybridized carbons (Fsp3) is 0.0714. The minimum atomic E-state index is 0. The van der Waals surface area contributed by atoms with Crippen LogP contribution in [0.25, 0.3) is 10.9 Å². The molecule has 7 heteroatoms. The summed E-state index contributed by atoms with van der Waals surface area (Å²) in [6, 6.07) is 13.6. The topological polar surface area (TPSA) is 43.8 Å². The summed E-state index contributed by atoms with van der Waals surface area (Å²) in [5.74, 6) is 0. The fourth-order valence-corrected chi connectivity index (χ4v) is 2.12. The number of hydrogen-bond donors (Lipinski definition) is 1. The summed E-state index contributed by atoms with van der Waals surface area (Å²) >= 11 is 5.87. The number of nitrogens with two attached hydrogens (primary N) is 1. The number of benzene rings is 2. The average Bonchev–Trinajstić information content (AvgIpc) is 2.74. The molecule has 0 unspecified atom stereocenters. The Hall–Kier alpha value is -1.13. The highest BCUT2D eigenvalue weighted by molar-refractivity contribution is 6.30. The maximum absolute atomic E-state index is 5.87. The molecule has 3 rings (SSSR count). The highest BCUT2D eigenvalue weighted by atomic mass is 35.5. The van der Waals surface area contributed by atoms with Crippen molar-refractivity contribution in [1.82, 2.24) is 9.78 Å². The third-order valence-corrected chi connectivity index (χ3v) is 3.16. The van der Waals surface area contributed by atoms with Crippen LogP contribution in [0.4, 0.5) is 5.69 Å². The van der Waals surface area contributed by atoms with E-state index in [1.165, 1.54) is 5.56 Å². The number of nitrogens with zero attached hydrogens (tertiary/aromatic N) is 2. The lowest BCUT2D eigenvalue weighted by Gasteiger charge is -2.04. The minimum Gasteiger partial charge on any atom is -0.399 e. The fourth-order valence-electron chi connectivity index (χ4n) is 1.99. The van der Waals surface area contributed by atoms with Crippen molar-refractivity contribution >= 4 is 65.4 Å². The van der Waals surface area contributed by atoms with Gasteiger partial charge in [-0.15, -0.1) is 37.2 Å². The molecule has 1 heterocycles. The lowest BCUT2D eigenvalue weighted by Crippen LogP contribution is -2.01. The van der Waals surface area contributed by atoms with Crippen molar-refractivity contribution in [3.8, 4) is 0 Å². The Morgan fingerprint density at radius 1 is 1.00 bits per heavy atom. The average molecular weight is 367 g/mol. The molecule has 0 amide bonds. The van der Waals surface area contributed by atoms with Crippen LogP contribution in [-0.2, 0) is 6.54 Å². The Labute approximate surface area is 146 Å². The second-order valence-corrected chi connectivity index (χ2v) is 4.68. The van der Waals surface area contributed by atoms with E-state index in [1.54, 1.807) is 0 Å². The number of fused-ring (bicyclic) bond motifs is 1. The van der Waals surface area contributed by atoms with Gasteiger partial charge in [0.05, 0.1) is 18.3 Å². The van der Waals surface area contributed by atoms with Crippen molar-refractivity contribution in [2.45, 2.75) is 6.54 Å². The molecule has 3 aromatic rings. The highest BCUT2D eigenvalue weighted by Gasteiger charge is 2.03. The molecule has 0 atom stereocenters. The van der Waals surface area contributed by atoms with Gasteiger partial charge < -0.3 is 5.73 Å². The first-order valence-electron chi connectivity index (χ1n) is 5.68. The lowest BCUT2D eigenvalue weighted by molar-refractivity contribution is 0.712. The molecule has 0 saturated carbocycles. The van der Waals surface area contributed by atoms with Crippen molar-refractivity contribution in [2.24, 2.45) is 0 Å². The van der Waals surface area contributed by atoms with Gasteiger partial charge in [0.25, 0.3) is 0 Å². The van der Waals surface area contributed by atoms with E-state index in [2.05, 4.69) is 5.10 Å². The summed E-state index contributed by atoms with van der Waals surface area (Å²) in [4.78, 5) is 0. The minimum absolute atomic E-state index is 0. The highest BCUT2D eigenvalue weighted by Crippen LogP contribution is 2.18. The number of anilines is 1. The van der Waals surface area contributed by atoms with Crippen molar-refractivity contribution in [3.05, 3.63) is 59.2 Å². The van der Waals surface area contributed by atoms with E-state index in [4.69, 9.17) is 17.3 Å². The first-order valence-corrected chi connectivity index (χ1v) is 6.06. The molecule has 2 N–H and O–H groups in total. The van der Waals surface area contributed by atoms with Crippen LogP contribution in [-0.4, -0.2) is 9.78 Å². The number of aromatic nitrogens is 2. The number of nitrogen functional groups attached to an aromatic ring is 1. The third kappa shape index (κ3) is 4.42. The molecule has 0 radical (unpaired) electrons. The molecular weight excluding hydrogens is 352 g/mol. The van der Waals surface area contributed by atoms with E-state index in [-0.39, 0.29) is 37.2 Å². The van der Waals surface area contributed by atoms with Gasteiger partial charge in [-0.2, -0.15) is 5.10 Å². The zero-order chi connectivity index (χ0) is 12.5. The predicted molar refractivity (Wildman–Crippen MR) is 96.4 cm³/mol. The molecule has 2 aromatic carbocycles. The molecule has 114 valence electrons. The summed E-state index contributed by atoms with van der Waals surface area (Å²) < 4.78 is 1.96. The summed E-state index contributed by atoms with van der Waals surface area (Å²) in [5, 5.41) is 6.19. The lowest BCUT2D eigenvalue weighted by atomic mass is 10.2. The van der Waals surface area contributed by atoms with Crippen LogP contribution in [0.1, 0.15) is 5.56 Å². The van der Waals surface area contributed by atoms with E-state index in [1.807, 2.05) is 53.3 Å². The Morgan fingerprint density at radius 3 is 2.33 bits per heavy atom. The largest absolute Gasteiger partial charge is 0.399 e. The first kappa shape index (κ1) is 19.9. The maximum Gasteiger partial charge on any atom is 0.0687 e. The van der Waals surface area contributed by atoms with Crippen LogP contribution in [0.3, 0.4) is 0 Å². The van der Waals surface area contributed by atoms with Crippen LogP contribution in [0.5, 0.6) is 0 Å². The number of rotatable bonds is 2. The van der Waals surface area contributed by atoms with Gasteiger partial charge >= 0.3 is 0 Å². The van der Waals surface area contributed by atoms with Gasteiger partial charge in [0, 0.05) is 16.1 Å². The van der Waals surface area contributed by atoms with Crippen LogP contribution in [0, 0.1) is 0 Å². The van der Waals surface area contributed by atoms with Gasteiger partial charge in [-0.05, 0) is 35.9 Å². The van der Waals surface area contributed by atoms with Crippen LogP contribution >= 0.6 is 48.8 Å². The quantitative estimate of drug-likeness (QED) is 0.674. The summed E-state index contributed by atoms with van der Waals surface area (Å²) in [6.45, 7) is 0.727. The van der Waals surface area contributed by atoms with Gasteiger partial charge in [-0.1, -0.05) is 23.7 Å². The Kier molecular flexibility index (Phi) is 7.90. The summed E-state index contributed by atoms with van der Waals surface area (Å²) in [6.07, 6.45) is 1.83. The second kappa shape index (κ2) is 8.35. The SMILES string of the molecule is Cl.Cl.Cl.Nc1ccc2c(cnn2Cc2ccc(Cl)cc2)c1. The Balaban J connectivity index is 0.00000133. The number of halogens is 4. The summed E-state index contributed by atoms with van der Waals surface area (Å²) in [7, 11) is 0. The Morgan fingerprint density at radius 2 is 1.67 bits per heavy atom. The van der Waals surface area contributed by atoms with E-state index < -0.39 is 0 Å². The molecule has 0 fully saturated rings. The summed E-state index contributed by atoms with van der Waals surface area (Å²) in [5.41, 5.74) is 8.76. The van der Waals surface area contributed by atoms with Crippen LogP contribution in [0.15, 0.2) is 48.7 Å². The van der Waals surface area contributed by atoms with Gasteiger partial charge in [-0.25, -0.2) is 0 Å². The van der Waals surface area contributed by atoms with Crippen LogP contribution < -0.4 is 5.73 Å². The second-order valence-electron chi connectivity index (χ2n) is 4.25. The van der Waals surface area contributed by atoms with Gasteiger partial charge in [0.2, 0.25) is 0 Å². The smallest absolute Gasteiger partial charge is 0.0687 e. The molecule has 3 nitrogen and oxygen atoms in total. The third-order valence-electron chi connectivity index (χ3n) is 2.91. The molecule has 0 aliphatic rings. The maximum atomic E-state index is 5.87. The van der Waals surface area contributed by atoms with Crippen molar-refractivity contribution < 1.29 is 0 Å². The van der Waals surface area contributed by atoms with E-state index in [9.17, 15) is 0 Å². The monoisotopic (exact) mass is 365 g/mol. The zero-order valence-electron chi connectivity index (χ0n) is 10.9. The van der Waals surface area contributed by atoms with Gasteiger partial charge in [-0.3, -0.25) is 4.68 Å². The van der Waals surface area contributed by atoms with E-state index in [0.717, 1.165) is 28.2 Å². The molecule has 0 aliphatic heterocycles. The molecule has 21 heavy (non-hydrogen) atoms. The van der Waals surface area contributed by atoms with Crippen molar-refractivity contribution in [2.75, 3.05) is 5.73 Å². The number of hydrogen-bond acceptors (Lipinski definition) is 2. The first-order chi connectivity index (χ1) is 8.72. The van der Waals surface area contributed by atoms with Crippen LogP contribution in [0.2, 0.25) is 5.02 Å². The van der Waals surface area contributed by atoms with Gasteiger partial charge in [0.15, 0.2) is 0 Å².